The van der Waals surface area contributed by atoms with Crippen LogP contribution >= 0.6 is 0 Å². The number of carboxylic acid groups (broad SMARTS) is 1. The Balaban J connectivity index is 2.79. The minimum atomic E-state index is -3.93. The van der Waals surface area contributed by atoms with Crippen LogP contribution in [0.15, 0.2) is 23.2 Å². The first-order valence-corrected chi connectivity index (χ1v) is 7.74. The molecule has 0 aliphatic heterocycles. The van der Waals surface area contributed by atoms with Crippen molar-refractivity contribution in [3.8, 4) is 0 Å². The number of rotatable bonds is 3. The maximum atomic E-state index is 12.5. The molecule has 0 saturated carbocycles. The maximum absolute atomic E-state index is 12.5. The van der Waals surface area contributed by atoms with Gasteiger partial charge in [0.15, 0.2) is 0 Å². The highest BCUT2D eigenvalue weighted by molar-refractivity contribution is 7.89. The van der Waals surface area contributed by atoms with Gasteiger partial charge in [-0.1, -0.05) is 6.07 Å². The lowest BCUT2D eigenvalue weighted by atomic mass is 10.1. The molecule has 1 aromatic carbocycles. The van der Waals surface area contributed by atoms with Crippen molar-refractivity contribution in [2.24, 2.45) is 7.05 Å². The Hall–Kier alpha value is -1.93. The topological polar surface area (TPSA) is 101 Å². The van der Waals surface area contributed by atoms with Crippen LogP contribution < -0.4 is 4.72 Å². The molecule has 0 bridgehead atoms. The van der Waals surface area contributed by atoms with Crippen LogP contribution in [0.5, 0.6) is 0 Å². The summed E-state index contributed by atoms with van der Waals surface area (Å²) in [6, 6.07) is 4.55. The largest absolute Gasteiger partial charge is 0.478 e. The fourth-order valence-electron chi connectivity index (χ4n) is 2.09. The summed E-state index contributed by atoms with van der Waals surface area (Å²) in [4.78, 5) is 11.3. The van der Waals surface area contributed by atoms with Crippen LogP contribution in [0.4, 0.5) is 0 Å². The summed E-state index contributed by atoms with van der Waals surface area (Å²) in [6.45, 7) is 5.11. The van der Waals surface area contributed by atoms with E-state index in [9.17, 15) is 18.3 Å². The van der Waals surface area contributed by atoms with Crippen molar-refractivity contribution < 1.29 is 18.3 Å². The third kappa shape index (κ3) is 2.91. The average Bonchev–Trinajstić information content (AvgIpc) is 2.64. The number of hydrogen-bond donors (Lipinski definition) is 2. The number of carboxylic acids is 1. The molecule has 7 nitrogen and oxygen atoms in total. The van der Waals surface area contributed by atoms with Gasteiger partial charge in [0.25, 0.3) is 10.0 Å². The van der Waals surface area contributed by atoms with Crippen molar-refractivity contribution in [1.82, 2.24) is 14.5 Å². The monoisotopic (exact) mass is 311 g/mol. The molecular weight excluding hydrogens is 294 g/mol. The molecular formula is C13H17N3O4S. The fourth-order valence-corrected chi connectivity index (χ4v) is 3.71. The van der Waals surface area contributed by atoms with Crippen LogP contribution in [0.3, 0.4) is 0 Å². The van der Waals surface area contributed by atoms with E-state index < -0.39 is 21.5 Å². The van der Waals surface area contributed by atoms with Crippen LogP contribution in [0.25, 0.3) is 10.9 Å². The van der Waals surface area contributed by atoms with Gasteiger partial charge in [0.1, 0.15) is 0 Å². The smallest absolute Gasteiger partial charge is 0.336 e. The minimum Gasteiger partial charge on any atom is -0.478 e. The number of aryl methyl sites for hydroxylation is 1. The highest BCUT2D eigenvalue weighted by Gasteiger charge is 2.29. The Morgan fingerprint density at radius 1 is 1.33 bits per heavy atom. The summed E-state index contributed by atoms with van der Waals surface area (Å²) in [7, 11) is -2.35. The minimum absolute atomic E-state index is 0.0881. The van der Waals surface area contributed by atoms with Gasteiger partial charge in [0.05, 0.1) is 16.5 Å². The van der Waals surface area contributed by atoms with Gasteiger partial charge in [-0.15, -0.1) is 0 Å². The molecule has 2 rings (SSSR count). The second-order valence-electron chi connectivity index (χ2n) is 5.79. The zero-order chi connectivity index (χ0) is 16.0. The van der Waals surface area contributed by atoms with E-state index in [-0.39, 0.29) is 16.0 Å². The van der Waals surface area contributed by atoms with E-state index in [1.165, 1.54) is 10.7 Å². The molecule has 1 heterocycles. The zero-order valence-corrected chi connectivity index (χ0v) is 13.0. The average molecular weight is 311 g/mol. The van der Waals surface area contributed by atoms with Gasteiger partial charge in [-0.3, -0.25) is 4.68 Å². The van der Waals surface area contributed by atoms with Crippen molar-refractivity contribution in [2.75, 3.05) is 0 Å². The van der Waals surface area contributed by atoms with Gasteiger partial charge in [-0.2, -0.15) is 5.10 Å². The van der Waals surface area contributed by atoms with E-state index in [4.69, 9.17) is 0 Å². The van der Waals surface area contributed by atoms with E-state index in [0.717, 1.165) is 0 Å². The summed E-state index contributed by atoms with van der Waals surface area (Å²) in [5, 5.41) is 13.1. The first kappa shape index (κ1) is 15.5. The van der Waals surface area contributed by atoms with Gasteiger partial charge in [-0.25, -0.2) is 17.9 Å². The molecule has 21 heavy (non-hydrogen) atoms. The third-order valence-corrected chi connectivity index (χ3v) is 4.45. The van der Waals surface area contributed by atoms with Gasteiger partial charge in [-0.05, 0) is 32.9 Å². The van der Waals surface area contributed by atoms with Crippen LogP contribution in [0.1, 0.15) is 31.1 Å². The van der Waals surface area contributed by atoms with Gasteiger partial charge >= 0.3 is 5.97 Å². The number of aromatic carboxylic acids is 1. The predicted octanol–water partition coefficient (Wildman–Crippen LogP) is 1.35. The van der Waals surface area contributed by atoms with Crippen LogP contribution in [-0.2, 0) is 17.1 Å². The summed E-state index contributed by atoms with van der Waals surface area (Å²) in [5.41, 5.74) is -0.333. The number of aromatic nitrogens is 2. The second-order valence-corrected chi connectivity index (χ2v) is 7.39. The van der Waals surface area contributed by atoms with Crippen molar-refractivity contribution in [1.29, 1.82) is 0 Å². The fraction of sp³-hybridized carbons (Fsp3) is 0.385. The van der Waals surface area contributed by atoms with Crippen molar-refractivity contribution >= 4 is 26.9 Å². The van der Waals surface area contributed by atoms with Gasteiger partial charge < -0.3 is 5.11 Å². The maximum Gasteiger partial charge on any atom is 0.336 e. The molecule has 0 atom stereocenters. The van der Waals surface area contributed by atoms with Crippen LogP contribution in [-0.4, -0.2) is 34.8 Å². The normalized spacial score (nSPS) is 12.8. The summed E-state index contributed by atoms with van der Waals surface area (Å²) in [6.07, 6.45) is 0. The summed E-state index contributed by atoms with van der Waals surface area (Å²) >= 11 is 0. The Morgan fingerprint density at radius 3 is 2.48 bits per heavy atom. The van der Waals surface area contributed by atoms with E-state index >= 15 is 0 Å². The molecule has 2 N–H and O–H groups in total. The SMILES string of the molecule is Cn1nc(S(=O)(=O)NC(C)(C)C)c2c(C(=O)O)cccc21. The Kier molecular flexibility index (Phi) is 3.54. The Labute approximate surface area is 122 Å². The number of sulfonamides is 1. The van der Waals surface area contributed by atoms with Crippen LogP contribution in [0, 0.1) is 0 Å². The second kappa shape index (κ2) is 4.81. The first-order chi connectivity index (χ1) is 9.53. The lowest BCUT2D eigenvalue weighted by molar-refractivity contribution is 0.0699. The molecule has 1 aromatic heterocycles. The van der Waals surface area contributed by atoms with Crippen molar-refractivity contribution in [2.45, 2.75) is 31.3 Å². The summed E-state index contributed by atoms with van der Waals surface area (Å²) < 4.78 is 28.8. The summed E-state index contributed by atoms with van der Waals surface area (Å²) in [5.74, 6) is -1.19. The predicted molar refractivity (Wildman–Crippen MR) is 77.7 cm³/mol. The molecule has 0 spiro atoms. The Morgan fingerprint density at radius 2 is 1.95 bits per heavy atom. The zero-order valence-electron chi connectivity index (χ0n) is 12.2. The van der Waals surface area contributed by atoms with Crippen LogP contribution in [0.2, 0.25) is 0 Å². The third-order valence-electron chi connectivity index (χ3n) is 2.77. The molecule has 0 unspecified atom stereocenters. The molecule has 0 aliphatic carbocycles. The van der Waals surface area contributed by atoms with Gasteiger partial charge in [0.2, 0.25) is 5.03 Å². The quantitative estimate of drug-likeness (QED) is 0.891. The molecule has 2 aromatic rings. The van der Waals surface area contributed by atoms with Crippen molar-refractivity contribution in [3.63, 3.8) is 0 Å². The van der Waals surface area contributed by atoms with Gasteiger partial charge in [0, 0.05) is 12.6 Å². The van der Waals surface area contributed by atoms with Crippen molar-refractivity contribution in [3.05, 3.63) is 23.8 Å². The van der Waals surface area contributed by atoms with E-state index in [1.54, 1.807) is 40.0 Å². The number of benzene rings is 1. The molecule has 0 aliphatic rings. The van der Waals surface area contributed by atoms with E-state index in [2.05, 4.69) is 9.82 Å². The number of nitrogens with one attached hydrogen (secondary N) is 1. The number of hydrogen-bond acceptors (Lipinski definition) is 4. The highest BCUT2D eigenvalue weighted by Crippen LogP contribution is 2.26. The molecule has 0 radical (unpaired) electrons. The highest BCUT2D eigenvalue weighted by atomic mass is 32.2. The first-order valence-electron chi connectivity index (χ1n) is 6.26. The standard InChI is InChI=1S/C13H17N3O4S/c1-13(2,3)15-21(19,20)11-10-8(12(17)18)6-5-7-9(10)16(4)14-11/h5-7,15H,1-4H3,(H,17,18). The number of carbonyl (C=O) groups is 1. The number of fused-ring (bicyclic) bond motifs is 1. The lowest BCUT2D eigenvalue weighted by Crippen LogP contribution is -2.40. The molecule has 0 fully saturated rings. The lowest BCUT2D eigenvalue weighted by Gasteiger charge is -2.19. The molecule has 114 valence electrons. The molecule has 0 saturated heterocycles. The Bertz CT molecular complexity index is 816. The number of nitrogens with zero attached hydrogens (tertiary/aromatic N) is 2. The van der Waals surface area contributed by atoms with E-state index in [0.29, 0.717) is 5.52 Å². The molecule has 8 heteroatoms. The molecule has 0 amide bonds. The van der Waals surface area contributed by atoms with E-state index in [1.807, 2.05) is 0 Å².